The van der Waals surface area contributed by atoms with E-state index < -0.39 is 0 Å². The van der Waals surface area contributed by atoms with Crippen LogP contribution in [0.5, 0.6) is 0 Å². The lowest BCUT2D eigenvalue weighted by atomic mass is 10.2. The van der Waals surface area contributed by atoms with Crippen LogP contribution in [0.2, 0.25) is 15.1 Å². The number of rotatable bonds is 7. The van der Waals surface area contributed by atoms with Gasteiger partial charge in [0, 0.05) is 12.1 Å². The van der Waals surface area contributed by atoms with Crippen molar-refractivity contribution < 1.29 is 9.53 Å². The second-order valence-corrected chi connectivity index (χ2v) is 8.13. The third kappa shape index (κ3) is 5.24. The van der Waals surface area contributed by atoms with Gasteiger partial charge in [0.2, 0.25) is 5.91 Å². The van der Waals surface area contributed by atoms with Crippen molar-refractivity contribution >= 4 is 69.1 Å². The van der Waals surface area contributed by atoms with Gasteiger partial charge < -0.3 is 10.1 Å². The smallest absolute Gasteiger partial charge is 0.262 e. The predicted octanol–water partition coefficient (Wildman–Crippen LogP) is 4.73. The molecule has 0 saturated heterocycles. The number of fused-ring (bicyclic) bond motifs is 1. The van der Waals surface area contributed by atoms with Gasteiger partial charge in [-0.3, -0.25) is 14.2 Å². The average molecular weight is 473 g/mol. The van der Waals surface area contributed by atoms with Crippen molar-refractivity contribution in [2.24, 2.45) is 0 Å². The lowest BCUT2D eigenvalue weighted by Crippen LogP contribution is -2.26. The third-order valence-electron chi connectivity index (χ3n) is 3.96. The number of nitrogens with zero attached hydrogens (tertiary/aromatic N) is 2. The van der Waals surface area contributed by atoms with Crippen LogP contribution in [0.15, 0.2) is 46.3 Å². The van der Waals surface area contributed by atoms with Crippen LogP contribution < -0.4 is 10.9 Å². The van der Waals surface area contributed by atoms with Crippen LogP contribution in [0.4, 0.5) is 5.69 Å². The fourth-order valence-electron chi connectivity index (χ4n) is 2.59. The van der Waals surface area contributed by atoms with Crippen molar-refractivity contribution in [1.29, 1.82) is 0 Å². The Morgan fingerprint density at radius 3 is 2.62 bits per heavy atom. The summed E-state index contributed by atoms with van der Waals surface area (Å²) in [6, 6.07) is 9.85. The van der Waals surface area contributed by atoms with Crippen LogP contribution in [-0.4, -0.2) is 34.9 Å². The van der Waals surface area contributed by atoms with Crippen LogP contribution in [0.1, 0.15) is 0 Å². The number of carbonyl (C=O) groups excluding carboxylic acids is 1. The van der Waals surface area contributed by atoms with E-state index in [2.05, 4.69) is 10.3 Å². The maximum atomic E-state index is 12.9. The number of carbonyl (C=O) groups is 1. The molecule has 0 spiro atoms. The van der Waals surface area contributed by atoms with Gasteiger partial charge >= 0.3 is 0 Å². The first-order chi connectivity index (χ1) is 13.9. The molecule has 6 nitrogen and oxygen atoms in total. The number of hydrogen-bond acceptors (Lipinski definition) is 5. The van der Waals surface area contributed by atoms with Crippen molar-refractivity contribution in [2.75, 3.05) is 24.8 Å². The highest BCUT2D eigenvalue weighted by Gasteiger charge is 2.15. The molecule has 0 saturated carbocycles. The fourth-order valence-corrected chi connectivity index (χ4v) is 4.07. The molecule has 1 aromatic heterocycles. The van der Waals surface area contributed by atoms with Gasteiger partial charge in [-0.15, -0.1) is 0 Å². The SMILES string of the molecule is COCCn1c(SCC(=O)Nc2c(Cl)cccc2Cl)nc2cc(Cl)ccc2c1=O. The van der Waals surface area contributed by atoms with Crippen LogP contribution in [0, 0.1) is 0 Å². The minimum Gasteiger partial charge on any atom is -0.383 e. The molecule has 3 rings (SSSR count). The first kappa shape index (κ1) is 21.9. The lowest BCUT2D eigenvalue weighted by molar-refractivity contribution is -0.113. The molecule has 0 bridgehead atoms. The van der Waals surface area contributed by atoms with Gasteiger partial charge in [0.1, 0.15) is 0 Å². The maximum absolute atomic E-state index is 12.9. The number of benzene rings is 2. The summed E-state index contributed by atoms with van der Waals surface area (Å²) in [6.45, 7) is 0.636. The van der Waals surface area contributed by atoms with Crippen LogP contribution in [-0.2, 0) is 16.1 Å². The molecule has 10 heteroatoms. The number of anilines is 1. The molecule has 0 unspecified atom stereocenters. The molecule has 29 heavy (non-hydrogen) atoms. The average Bonchev–Trinajstić information content (AvgIpc) is 2.68. The molecule has 0 aliphatic carbocycles. The van der Waals surface area contributed by atoms with Gasteiger partial charge in [-0.05, 0) is 30.3 Å². The minimum absolute atomic E-state index is 0.00699. The molecule has 0 aliphatic rings. The number of halogens is 3. The number of methoxy groups -OCH3 is 1. The Kier molecular flexibility index (Phi) is 7.43. The topological polar surface area (TPSA) is 73.2 Å². The van der Waals surface area contributed by atoms with Crippen molar-refractivity contribution in [3.8, 4) is 0 Å². The summed E-state index contributed by atoms with van der Waals surface area (Å²) in [5.41, 5.74) is 0.588. The number of thioether (sulfide) groups is 1. The first-order valence-corrected chi connectivity index (χ1v) is 10.6. The maximum Gasteiger partial charge on any atom is 0.262 e. The van der Waals surface area contributed by atoms with Gasteiger partial charge in [-0.25, -0.2) is 4.98 Å². The Labute approximate surface area is 186 Å². The monoisotopic (exact) mass is 471 g/mol. The number of ether oxygens (including phenoxy) is 1. The summed E-state index contributed by atoms with van der Waals surface area (Å²) in [7, 11) is 1.55. The van der Waals surface area contributed by atoms with E-state index in [1.807, 2.05) is 0 Å². The number of amides is 1. The summed E-state index contributed by atoms with van der Waals surface area (Å²) in [5, 5.41) is 4.68. The number of para-hydroxylation sites is 1. The summed E-state index contributed by atoms with van der Waals surface area (Å²) >= 11 is 19.3. The fraction of sp³-hybridized carbons (Fsp3) is 0.211. The van der Waals surface area contributed by atoms with Crippen molar-refractivity contribution in [3.05, 3.63) is 61.8 Å². The highest BCUT2D eigenvalue weighted by atomic mass is 35.5. The molecule has 0 atom stereocenters. The van der Waals surface area contributed by atoms with Gasteiger partial charge in [0.05, 0.1) is 45.5 Å². The summed E-state index contributed by atoms with van der Waals surface area (Å²) in [5.74, 6) is -0.323. The van der Waals surface area contributed by atoms with Gasteiger partial charge in [-0.2, -0.15) is 0 Å². The zero-order valence-corrected chi connectivity index (χ0v) is 18.3. The van der Waals surface area contributed by atoms with Gasteiger partial charge in [0.15, 0.2) is 5.16 Å². The van der Waals surface area contributed by atoms with Crippen LogP contribution >= 0.6 is 46.6 Å². The van der Waals surface area contributed by atoms with E-state index >= 15 is 0 Å². The third-order valence-corrected chi connectivity index (χ3v) is 5.80. The van der Waals surface area contributed by atoms with Crippen molar-refractivity contribution in [1.82, 2.24) is 9.55 Å². The van der Waals surface area contributed by atoms with Crippen LogP contribution in [0.3, 0.4) is 0 Å². The van der Waals surface area contributed by atoms with Gasteiger partial charge in [-0.1, -0.05) is 52.6 Å². The molecule has 2 aromatic carbocycles. The van der Waals surface area contributed by atoms with E-state index in [-0.39, 0.29) is 17.2 Å². The van der Waals surface area contributed by atoms with Gasteiger partial charge in [0.25, 0.3) is 5.56 Å². The Bertz CT molecular complexity index is 1100. The zero-order chi connectivity index (χ0) is 21.0. The molecule has 1 N–H and O–H groups in total. The van der Waals surface area contributed by atoms with E-state index in [1.165, 1.54) is 4.57 Å². The summed E-state index contributed by atoms with van der Waals surface area (Å²) < 4.78 is 6.58. The molecule has 0 aliphatic heterocycles. The largest absolute Gasteiger partial charge is 0.383 e. The molecule has 152 valence electrons. The molecule has 3 aromatic rings. The number of nitrogens with one attached hydrogen (secondary N) is 1. The second-order valence-electron chi connectivity index (χ2n) is 5.94. The quantitative estimate of drug-likeness (QED) is 0.397. The van der Waals surface area contributed by atoms with E-state index in [4.69, 9.17) is 39.5 Å². The Morgan fingerprint density at radius 1 is 1.21 bits per heavy atom. The lowest BCUT2D eigenvalue weighted by Gasteiger charge is -2.13. The van der Waals surface area contributed by atoms with E-state index in [0.29, 0.717) is 50.0 Å². The van der Waals surface area contributed by atoms with Crippen molar-refractivity contribution in [3.63, 3.8) is 0 Å². The predicted molar refractivity (Wildman–Crippen MR) is 119 cm³/mol. The summed E-state index contributed by atoms with van der Waals surface area (Å²) in [6.07, 6.45) is 0. The van der Waals surface area contributed by atoms with E-state index in [9.17, 15) is 9.59 Å². The number of aromatic nitrogens is 2. The Morgan fingerprint density at radius 2 is 1.93 bits per heavy atom. The molecular formula is C19H16Cl3N3O3S. The molecule has 1 amide bonds. The first-order valence-electron chi connectivity index (χ1n) is 8.46. The second kappa shape index (κ2) is 9.82. The Hall–Kier alpha value is -1.77. The number of hydrogen-bond donors (Lipinski definition) is 1. The highest BCUT2D eigenvalue weighted by Crippen LogP contribution is 2.30. The summed E-state index contributed by atoms with van der Waals surface area (Å²) in [4.78, 5) is 29.8. The van der Waals surface area contributed by atoms with Crippen molar-refractivity contribution in [2.45, 2.75) is 11.7 Å². The molecule has 0 radical (unpaired) electrons. The van der Waals surface area contributed by atoms with E-state index in [0.717, 1.165) is 11.8 Å². The minimum atomic E-state index is -0.330. The highest BCUT2D eigenvalue weighted by molar-refractivity contribution is 7.99. The van der Waals surface area contributed by atoms with Crippen LogP contribution in [0.25, 0.3) is 10.9 Å². The Balaban J connectivity index is 1.86. The molecule has 1 heterocycles. The standard InChI is InChI=1S/C19H16Cl3N3O3S/c1-28-8-7-25-18(27)12-6-5-11(20)9-15(12)23-19(25)29-10-16(26)24-17-13(21)3-2-4-14(17)22/h2-6,9H,7-8,10H2,1H3,(H,24,26). The zero-order valence-electron chi connectivity index (χ0n) is 15.2. The molecular weight excluding hydrogens is 457 g/mol. The molecule has 0 fully saturated rings. The normalized spacial score (nSPS) is 11.0. The van der Waals surface area contributed by atoms with E-state index in [1.54, 1.807) is 43.5 Å².